The Kier molecular flexibility index (Phi) is 3.39. The van der Waals surface area contributed by atoms with Crippen molar-refractivity contribution in [1.29, 1.82) is 0 Å². The van der Waals surface area contributed by atoms with E-state index in [2.05, 4.69) is 56.1 Å². The Hall–Kier alpha value is -1.15. The third-order valence-electron chi connectivity index (χ3n) is 2.44. The molecule has 0 radical (unpaired) electrons. The van der Waals surface area contributed by atoms with Crippen LogP contribution in [0.3, 0.4) is 0 Å². The third-order valence-corrected chi connectivity index (χ3v) is 3.50. The number of rotatable bonds is 3. The van der Waals surface area contributed by atoms with Crippen molar-refractivity contribution in [2.24, 2.45) is 5.92 Å². The first-order chi connectivity index (χ1) is 7.66. The van der Waals surface area contributed by atoms with Crippen LogP contribution in [-0.4, -0.2) is 4.98 Å². The molecule has 16 heavy (non-hydrogen) atoms. The van der Waals surface area contributed by atoms with E-state index in [4.69, 9.17) is 0 Å². The molecule has 0 atom stereocenters. The largest absolute Gasteiger partial charge is 0.246 e. The van der Waals surface area contributed by atoms with E-state index in [9.17, 15) is 0 Å². The van der Waals surface area contributed by atoms with E-state index in [0.717, 1.165) is 11.4 Å². The number of aryl methyl sites for hydroxylation is 1. The molecule has 0 N–H and O–H groups in total. The quantitative estimate of drug-likeness (QED) is 0.766. The average molecular weight is 231 g/mol. The minimum Gasteiger partial charge on any atom is -0.246 e. The van der Waals surface area contributed by atoms with Crippen molar-refractivity contribution < 1.29 is 0 Å². The van der Waals surface area contributed by atoms with Gasteiger partial charge in [0.1, 0.15) is 0 Å². The molecule has 0 saturated carbocycles. The second kappa shape index (κ2) is 4.79. The summed E-state index contributed by atoms with van der Waals surface area (Å²) in [5.41, 5.74) is 2.55. The Morgan fingerprint density at radius 3 is 2.50 bits per heavy atom. The van der Waals surface area contributed by atoms with Crippen LogP contribution in [0, 0.1) is 12.8 Å². The van der Waals surface area contributed by atoms with Crippen LogP contribution in [0.25, 0.3) is 10.4 Å². The third kappa shape index (κ3) is 2.50. The summed E-state index contributed by atoms with van der Waals surface area (Å²) in [4.78, 5) is 5.99. The van der Waals surface area contributed by atoms with Crippen LogP contribution < -0.4 is 0 Å². The van der Waals surface area contributed by atoms with Crippen molar-refractivity contribution >= 4 is 11.3 Å². The summed E-state index contributed by atoms with van der Waals surface area (Å²) in [6.07, 6.45) is 1.06. The first-order valence-electron chi connectivity index (χ1n) is 5.68. The highest BCUT2D eigenvalue weighted by molar-refractivity contribution is 7.15. The van der Waals surface area contributed by atoms with E-state index in [1.54, 1.807) is 11.3 Å². The Morgan fingerprint density at radius 2 is 1.88 bits per heavy atom. The highest BCUT2D eigenvalue weighted by Gasteiger charge is 2.11. The normalized spacial score (nSPS) is 11.0. The van der Waals surface area contributed by atoms with Gasteiger partial charge in [0.2, 0.25) is 0 Å². The summed E-state index contributed by atoms with van der Waals surface area (Å²) in [6.45, 7) is 6.56. The Balaban J connectivity index is 2.40. The molecule has 2 heteroatoms. The lowest BCUT2D eigenvalue weighted by Crippen LogP contribution is -1.96. The van der Waals surface area contributed by atoms with Gasteiger partial charge in [-0.05, 0) is 24.8 Å². The van der Waals surface area contributed by atoms with Gasteiger partial charge in [0.25, 0.3) is 0 Å². The van der Waals surface area contributed by atoms with Gasteiger partial charge in [-0.3, -0.25) is 0 Å². The van der Waals surface area contributed by atoms with Gasteiger partial charge in [0.15, 0.2) is 0 Å². The molecule has 0 spiro atoms. The first kappa shape index (κ1) is 11.3. The van der Waals surface area contributed by atoms with Crippen molar-refractivity contribution in [3.05, 3.63) is 41.0 Å². The number of nitrogens with zero attached hydrogens (tertiary/aromatic N) is 1. The number of aromatic nitrogens is 1. The summed E-state index contributed by atoms with van der Waals surface area (Å²) in [6, 6.07) is 10.6. The molecule has 1 heterocycles. The fourth-order valence-electron chi connectivity index (χ4n) is 1.81. The van der Waals surface area contributed by atoms with Gasteiger partial charge in [0, 0.05) is 0 Å². The van der Waals surface area contributed by atoms with E-state index in [-0.39, 0.29) is 0 Å². The molecule has 0 fully saturated rings. The van der Waals surface area contributed by atoms with Crippen LogP contribution in [0.15, 0.2) is 30.3 Å². The maximum Gasteiger partial charge on any atom is 0.0903 e. The Morgan fingerprint density at radius 1 is 1.19 bits per heavy atom. The Labute approximate surface area is 101 Å². The first-order valence-corrected chi connectivity index (χ1v) is 6.50. The minimum absolute atomic E-state index is 0.656. The second-order valence-corrected chi connectivity index (χ2v) is 5.68. The van der Waals surface area contributed by atoms with Gasteiger partial charge >= 0.3 is 0 Å². The van der Waals surface area contributed by atoms with Gasteiger partial charge in [-0.25, -0.2) is 4.98 Å². The van der Waals surface area contributed by atoms with Gasteiger partial charge in [-0.1, -0.05) is 44.2 Å². The van der Waals surface area contributed by atoms with Gasteiger partial charge in [-0.2, -0.15) is 0 Å². The van der Waals surface area contributed by atoms with E-state index >= 15 is 0 Å². The van der Waals surface area contributed by atoms with Crippen molar-refractivity contribution in [3.8, 4) is 10.4 Å². The van der Waals surface area contributed by atoms with Crippen molar-refractivity contribution in [2.75, 3.05) is 0 Å². The van der Waals surface area contributed by atoms with Gasteiger partial charge in [-0.15, -0.1) is 11.3 Å². The number of hydrogen-bond acceptors (Lipinski definition) is 2. The smallest absolute Gasteiger partial charge is 0.0903 e. The van der Waals surface area contributed by atoms with Crippen LogP contribution in [-0.2, 0) is 6.42 Å². The molecule has 2 rings (SSSR count). The molecule has 1 aromatic carbocycles. The lowest BCUT2D eigenvalue weighted by molar-refractivity contribution is 0.638. The predicted octanol–water partition coefficient (Wildman–Crippen LogP) is 4.32. The fourth-order valence-corrected chi connectivity index (χ4v) is 2.76. The monoisotopic (exact) mass is 231 g/mol. The highest BCUT2D eigenvalue weighted by atomic mass is 32.1. The molecule has 0 aliphatic rings. The SMILES string of the molecule is Cc1nc(CC(C)C)c(-c2ccccc2)s1. The zero-order valence-electron chi connectivity index (χ0n) is 10.0. The van der Waals surface area contributed by atoms with Crippen LogP contribution in [0.5, 0.6) is 0 Å². The zero-order valence-corrected chi connectivity index (χ0v) is 10.8. The van der Waals surface area contributed by atoms with Gasteiger partial charge in [0.05, 0.1) is 15.6 Å². The molecular formula is C14H17NS. The molecule has 0 bridgehead atoms. The van der Waals surface area contributed by atoms with Crippen LogP contribution in [0.4, 0.5) is 0 Å². The molecule has 0 unspecified atom stereocenters. The van der Waals surface area contributed by atoms with Crippen LogP contribution in [0.1, 0.15) is 24.5 Å². The second-order valence-electron chi connectivity index (χ2n) is 4.47. The standard InChI is InChI=1S/C14H17NS/c1-10(2)9-13-14(16-11(3)15-13)12-7-5-4-6-8-12/h4-8,10H,9H2,1-3H3. The lowest BCUT2D eigenvalue weighted by atomic mass is 10.0. The van der Waals surface area contributed by atoms with E-state index in [0.29, 0.717) is 5.92 Å². The molecule has 0 amide bonds. The molecule has 1 aromatic heterocycles. The van der Waals surface area contributed by atoms with Crippen molar-refractivity contribution in [3.63, 3.8) is 0 Å². The minimum atomic E-state index is 0.656. The Bertz CT molecular complexity index is 457. The molecule has 2 aromatic rings. The fraction of sp³-hybridized carbons (Fsp3) is 0.357. The molecule has 0 saturated heterocycles. The van der Waals surface area contributed by atoms with E-state index < -0.39 is 0 Å². The van der Waals surface area contributed by atoms with E-state index in [1.807, 2.05) is 0 Å². The number of hydrogen-bond donors (Lipinski definition) is 0. The predicted molar refractivity (Wildman–Crippen MR) is 70.8 cm³/mol. The van der Waals surface area contributed by atoms with Gasteiger partial charge < -0.3 is 0 Å². The molecule has 0 aliphatic heterocycles. The summed E-state index contributed by atoms with van der Waals surface area (Å²) in [5.74, 6) is 0.656. The molecule has 1 nitrogen and oxygen atoms in total. The summed E-state index contributed by atoms with van der Waals surface area (Å²) < 4.78 is 0. The highest BCUT2D eigenvalue weighted by Crippen LogP contribution is 2.31. The number of benzene rings is 1. The van der Waals surface area contributed by atoms with Crippen molar-refractivity contribution in [1.82, 2.24) is 4.98 Å². The zero-order chi connectivity index (χ0) is 11.5. The van der Waals surface area contributed by atoms with Crippen molar-refractivity contribution in [2.45, 2.75) is 27.2 Å². The molecular weight excluding hydrogens is 214 g/mol. The van der Waals surface area contributed by atoms with Crippen LogP contribution in [0.2, 0.25) is 0 Å². The maximum atomic E-state index is 4.65. The summed E-state index contributed by atoms with van der Waals surface area (Å²) in [7, 11) is 0. The maximum absolute atomic E-state index is 4.65. The number of thiazole rings is 1. The summed E-state index contributed by atoms with van der Waals surface area (Å²) in [5, 5.41) is 1.16. The average Bonchev–Trinajstić information content (AvgIpc) is 2.60. The molecule has 0 aliphatic carbocycles. The lowest BCUT2D eigenvalue weighted by Gasteiger charge is -2.04. The topological polar surface area (TPSA) is 12.9 Å². The van der Waals surface area contributed by atoms with Crippen LogP contribution >= 0.6 is 11.3 Å². The van der Waals surface area contributed by atoms with E-state index in [1.165, 1.54) is 16.1 Å². The molecule has 84 valence electrons. The summed E-state index contributed by atoms with van der Waals surface area (Å²) >= 11 is 1.80.